The van der Waals surface area contributed by atoms with Crippen LogP contribution in [0.1, 0.15) is 46.7 Å². The zero-order valence-corrected chi connectivity index (χ0v) is 25.8. The molecule has 2 unspecified atom stereocenters. The molecule has 0 aliphatic heterocycles. The van der Waals surface area contributed by atoms with Crippen LogP contribution in [0.25, 0.3) is 55.8 Å². The fourth-order valence-corrected chi connectivity index (χ4v) is 7.77. The lowest BCUT2D eigenvalue weighted by atomic mass is 9.82. The Morgan fingerprint density at radius 3 is 1.87 bits per heavy atom. The van der Waals surface area contributed by atoms with Gasteiger partial charge in [-0.1, -0.05) is 140 Å². The van der Waals surface area contributed by atoms with E-state index in [9.17, 15) is 0 Å². The molecule has 1 heterocycles. The third kappa shape index (κ3) is 4.43. The minimum Gasteiger partial charge on any atom is -0.252 e. The number of benzene rings is 6. The Morgan fingerprint density at radius 1 is 0.457 bits per heavy atom. The third-order valence-electron chi connectivity index (χ3n) is 10.1. The van der Waals surface area contributed by atoms with Crippen LogP contribution in [-0.4, -0.2) is 4.98 Å². The van der Waals surface area contributed by atoms with Crippen LogP contribution in [0.5, 0.6) is 0 Å². The number of rotatable bonds is 5. The predicted octanol–water partition coefficient (Wildman–Crippen LogP) is 11.6. The number of pyridine rings is 1. The first kappa shape index (κ1) is 26.8. The van der Waals surface area contributed by atoms with Gasteiger partial charge in [0.05, 0.1) is 5.69 Å². The van der Waals surface area contributed by atoms with Crippen LogP contribution in [0.3, 0.4) is 0 Å². The van der Waals surface area contributed by atoms with Crippen molar-refractivity contribution in [2.24, 2.45) is 0 Å². The third-order valence-corrected chi connectivity index (χ3v) is 10.1. The Kier molecular flexibility index (Phi) is 6.31. The van der Waals surface area contributed by atoms with Gasteiger partial charge in [0.25, 0.3) is 0 Å². The van der Waals surface area contributed by atoms with Crippen molar-refractivity contribution in [3.05, 3.63) is 186 Å². The number of aromatic nitrogens is 1. The van der Waals surface area contributed by atoms with E-state index in [0.717, 1.165) is 23.4 Å². The smallest absolute Gasteiger partial charge is 0.0711 e. The molecule has 218 valence electrons. The van der Waals surface area contributed by atoms with Crippen molar-refractivity contribution in [2.45, 2.75) is 25.2 Å². The van der Waals surface area contributed by atoms with Gasteiger partial charge in [-0.3, -0.25) is 4.98 Å². The number of hydrogen-bond donors (Lipinski definition) is 0. The molecule has 46 heavy (non-hydrogen) atoms. The Balaban J connectivity index is 1.15. The van der Waals surface area contributed by atoms with Crippen LogP contribution in [0.15, 0.2) is 158 Å². The van der Waals surface area contributed by atoms with Crippen LogP contribution in [0, 0.1) is 0 Å². The highest BCUT2D eigenvalue weighted by atomic mass is 14.7. The topological polar surface area (TPSA) is 12.9 Å². The molecular weight excluding hydrogens is 555 g/mol. The molecule has 1 aromatic heterocycles. The summed E-state index contributed by atoms with van der Waals surface area (Å²) < 4.78 is 0. The van der Waals surface area contributed by atoms with Crippen molar-refractivity contribution >= 4 is 0 Å². The molecule has 0 bridgehead atoms. The molecule has 1 heteroatoms. The maximum atomic E-state index is 5.34. The maximum absolute atomic E-state index is 5.34. The normalized spacial score (nSPS) is 14.7. The van der Waals surface area contributed by atoms with E-state index >= 15 is 0 Å². The highest BCUT2D eigenvalue weighted by Crippen LogP contribution is 2.52. The predicted molar refractivity (Wildman–Crippen MR) is 191 cm³/mol. The minimum atomic E-state index is 0.177. The maximum Gasteiger partial charge on any atom is 0.0711 e. The van der Waals surface area contributed by atoms with Crippen LogP contribution >= 0.6 is 0 Å². The lowest BCUT2D eigenvalue weighted by Crippen LogP contribution is -2.10. The molecule has 0 saturated carbocycles. The summed E-state index contributed by atoms with van der Waals surface area (Å²) >= 11 is 0. The molecule has 6 aromatic carbocycles. The molecule has 0 N–H and O–H groups in total. The second kappa shape index (κ2) is 10.8. The van der Waals surface area contributed by atoms with Crippen LogP contribution in [0.2, 0.25) is 0 Å². The average molecular weight is 588 g/mol. The largest absolute Gasteiger partial charge is 0.252 e. The molecule has 0 fully saturated rings. The van der Waals surface area contributed by atoms with E-state index in [-0.39, 0.29) is 11.8 Å². The lowest BCUT2D eigenvalue weighted by molar-refractivity contribution is 0.652. The molecule has 1 nitrogen and oxygen atoms in total. The molecule has 0 radical (unpaired) electrons. The van der Waals surface area contributed by atoms with Crippen molar-refractivity contribution in [2.75, 3.05) is 0 Å². The summed E-state index contributed by atoms with van der Waals surface area (Å²) in [6, 6.07) is 57.8. The molecule has 2 atom stereocenters. The van der Waals surface area contributed by atoms with E-state index in [2.05, 4.69) is 165 Å². The van der Waals surface area contributed by atoms with E-state index < -0.39 is 0 Å². The molecule has 7 aromatic rings. The van der Waals surface area contributed by atoms with Crippen LogP contribution in [0.4, 0.5) is 0 Å². The van der Waals surface area contributed by atoms with Crippen molar-refractivity contribution in [3.63, 3.8) is 0 Å². The van der Waals surface area contributed by atoms with Crippen LogP contribution in [-0.2, 0) is 6.42 Å². The van der Waals surface area contributed by atoms with E-state index in [1.54, 1.807) is 0 Å². The zero-order valence-electron chi connectivity index (χ0n) is 25.8. The highest BCUT2D eigenvalue weighted by Gasteiger charge is 2.34. The highest BCUT2D eigenvalue weighted by molar-refractivity contribution is 5.86. The van der Waals surface area contributed by atoms with Crippen molar-refractivity contribution < 1.29 is 0 Å². The lowest BCUT2D eigenvalue weighted by Gasteiger charge is -2.23. The average Bonchev–Trinajstić information content (AvgIpc) is 3.67. The molecule has 2 aliphatic rings. The molecule has 9 rings (SSSR count). The van der Waals surface area contributed by atoms with E-state index in [1.807, 2.05) is 0 Å². The second-order valence-electron chi connectivity index (χ2n) is 12.8. The van der Waals surface area contributed by atoms with Gasteiger partial charge in [-0.15, -0.1) is 0 Å². The fraction of sp³-hybridized carbons (Fsp3) is 0.0889. The van der Waals surface area contributed by atoms with Gasteiger partial charge in [-0.05, 0) is 97.4 Å². The first-order chi connectivity index (χ1) is 22.7. The van der Waals surface area contributed by atoms with Gasteiger partial charge in [-0.25, -0.2) is 0 Å². The molecule has 0 saturated heterocycles. The Bertz CT molecular complexity index is 2190. The number of hydrogen-bond acceptors (Lipinski definition) is 1. The molecule has 0 amide bonds. The minimum absolute atomic E-state index is 0.177. The summed E-state index contributed by atoms with van der Waals surface area (Å²) in [4.78, 5) is 5.34. The van der Waals surface area contributed by atoms with Crippen molar-refractivity contribution in [1.29, 1.82) is 0 Å². The van der Waals surface area contributed by atoms with Gasteiger partial charge in [0, 0.05) is 23.1 Å². The van der Waals surface area contributed by atoms with Gasteiger partial charge in [0.15, 0.2) is 0 Å². The second-order valence-corrected chi connectivity index (χ2v) is 12.8. The van der Waals surface area contributed by atoms with Crippen molar-refractivity contribution in [1.82, 2.24) is 4.98 Å². The summed E-state index contributed by atoms with van der Waals surface area (Å²) in [5.41, 5.74) is 19.3. The summed E-state index contributed by atoms with van der Waals surface area (Å²) in [5.74, 6) is 0.394. The summed E-state index contributed by atoms with van der Waals surface area (Å²) in [6.07, 6.45) is 1.02. The van der Waals surface area contributed by atoms with Crippen molar-refractivity contribution in [3.8, 4) is 55.8 Å². The van der Waals surface area contributed by atoms with Gasteiger partial charge in [-0.2, -0.15) is 0 Å². The van der Waals surface area contributed by atoms with Gasteiger partial charge < -0.3 is 0 Å². The summed E-state index contributed by atoms with van der Waals surface area (Å²) in [6.45, 7) is 2.36. The Morgan fingerprint density at radius 2 is 1.07 bits per heavy atom. The summed E-state index contributed by atoms with van der Waals surface area (Å²) in [5, 5.41) is 0. The standard InChI is InChI=1S/C45H33N/c1-29(43-27-36(30-12-4-2-5-13-30)28-44(46-43)31-14-6-3-7-15-31)45-39-19-11-10-18-38(39)42-26-33(22-23-40(42)45)32-20-21-35-24-34-16-8-9-17-37(34)41(35)25-32/h2-23,25-29,45H,24H2,1H3. The number of nitrogens with zero attached hydrogens (tertiary/aromatic N) is 1. The van der Waals surface area contributed by atoms with Crippen LogP contribution < -0.4 is 0 Å². The van der Waals surface area contributed by atoms with Gasteiger partial charge >= 0.3 is 0 Å². The first-order valence-electron chi connectivity index (χ1n) is 16.3. The molecular formula is C45H33N. The van der Waals surface area contributed by atoms with E-state index in [0.29, 0.717) is 0 Å². The first-order valence-corrected chi connectivity index (χ1v) is 16.3. The summed E-state index contributed by atoms with van der Waals surface area (Å²) in [7, 11) is 0. The SMILES string of the molecule is CC(c1cc(-c2ccccc2)cc(-c2ccccc2)n1)C1c2ccccc2-c2cc(-c3ccc4c(c3)-c3ccccc3C4)ccc21. The van der Waals surface area contributed by atoms with E-state index in [4.69, 9.17) is 4.98 Å². The Labute approximate surface area is 270 Å². The fourth-order valence-electron chi connectivity index (χ4n) is 7.77. The monoisotopic (exact) mass is 587 g/mol. The van der Waals surface area contributed by atoms with E-state index in [1.165, 1.54) is 66.8 Å². The molecule has 2 aliphatic carbocycles. The Hall–Kier alpha value is -5.53. The molecule has 0 spiro atoms. The quantitative estimate of drug-likeness (QED) is 0.195. The van der Waals surface area contributed by atoms with Gasteiger partial charge in [0.1, 0.15) is 0 Å². The van der Waals surface area contributed by atoms with Gasteiger partial charge in [0.2, 0.25) is 0 Å². The number of fused-ring (bicyclic) bond motifs is 6. The zero-order chi connectivity index (χ0) is 30.6.